The van der Waals surface area contributed by atoms with E-state index in [9.17, 15) is 4.79 Å². The number of pyridine rings is 1. The lowest BCUT2D eigenvalue weighted by Gasteiger charge is -2.37. The Labute approximate surface area is 321 Å². The van der Waals surface area contributed by atoms with Gasteiger partial charge in [-0.25, -0.2) is 4.98 Å². The fourth-order valence-corrected chi connectivity index (χ4v) is 6.65. The van der Waals surface area contributed by atoms with Crippen molar-refractivity contribution >= 4 is 35.2 Å². The highest BCUT2D eigenvalue weighted by Crippen LogP contribution is 2.36. The average Bonchev–Trinajstić information content (AvgIpc) is 3.17. The first kappa shape index (κ1) is 37.7. The first-order chi connectivity index (χ1) is 25.9. The predicted octanol–water partition coefficient (Wildman–Crippen LogP) is 9.45. The number of aryl methyl sites for hydroxylation is 1. The lowest BCUT2D eigenvalue weighted by Crippen LogP contribution is -2.45. The van der Waals surface area contributed by atoms with Gasteiger partial charge in [-0.15, -0.1) is 0 Å². The van der Waals surface area contributed by atoms with Crippen LogP contribution in [0, 0.1) is 6.92 Å². The maximum absolute atomic E-state index is 11.8. The van der Waals surface area contributed by atoms with Crippen LogP contribution in [0.1, 0.15) is 34.7 Å². The molecule has 5 aromatic rings. The maximum Gasteiger partial charge on any atom is 0.219 e. The Balaban J connectivity index is 0.988. The standard InChI is InChI=1S/C43H43Cl2N3O5/c1-3-50-36-12-14-37(15-13-36)51-25-19-32-8-10-33(11-9-32)29-47-20-22-48(23-21-47)41(18-24-49)35-26-31(2)43(40(45)27-35)53-42-17-16-38(28-46-42)52-30-34-6-4-5-7-39(34)44/h4-18,24,26-28H,3,19-23,25,29-30H2,1-2H3/b41-18+. The Bertz CT molecular complexity index is 1950. The maximum atomic E-state index is 11.8. The summed E-state index contributed by atoms with van der Waals surface area (Å²) in [7, 11) is 0. The van der Waals surface area contributed by atoms with Crippen LogP contribution in [-0.4, -0.2) is 60.5 Å². The summed E-state index contributed by atoms with van der Waals surface area (Å²) in [5, 5.41) is 1.09. The van der Waals surface area contributed by atoms with Gasteiger partial charge in [0.1, 0.15) is 30.1 Å². The highest BCUT2D eigenvalue weighted by Gasteiger charge is 2.22. The van der Waals surface area contributed by atoms with Crippen molar-refractivity contribution < 1.29 is 23.7 Å². The number of aromatic nitrogens is 1. The second kappa shape index (κ2) is 18.6. The Morgan fingerprint density at radius 1 is 0.792 bits per heavy atom. The summed E-state index contributed by atoms with van der Waals surface area (Å²) in [6.45, 7) is 9.66. The van der Waals surface area contributed by atoms with E-state index in [2.05, 4.69) is 39.0 Å². The fraction of sp³-hybridized carbons (Fsp3) is 0.256. The first-order valence-corrected chi connectivity index (χ1v) is 18.5. The van der Waals surface area contributed by atoms with E-state index in [1.165, 1.54) is 11.1 Å². The molecule has 0 spiro atoms. The van der Waals surface area contributed by atoms with Crippen LogP contribution in [-0.2, 0) is 24.4 Å². The number of carbonyl (C=O) groups is 1. The summed E-state index contributed by atoms with van der Waals surface area (Å²) in [4.78, 5) is 20.9. The van der Waals surface area contributed by atoms with Gasteiger partial charge in [0.15, 0.2) is 5.75 Å². The van der Waals surface area contributed by atoms with Gasteiger partial charge in [-0.1, -0.05) is 65.7 Å². The van der Waals surface area contributed by atoms with E-state index in [1.807, 2.05) is 74.5 Å². The molecule has 0 N–H and O–H groups in total. The van der Waals surface area contributed by atoms with Crippen LogP contribution in [0.4, 0.5) is 0 Å². The molecule has 0 aliphatic carbocycles. The molecule has 0 saturated carbocycles. The minimum atomic E-state index is 0.331. The van der Waals surface area contributed by atoms with Crippen LogP contribution in [0.3, 0.4) is 0 Å². The second-order valence-corrected chi connectivity index (χ2v) is 13.5. The van der Waals surface area contributed by atoms with Crippen LogP contribution in [0.15, 0.2) is 109 Å². The molecule has 0 radical (unpaired) electrons. The highest BCUT2D eigenvalue weighted by molar-refractivity contribution is 6.32. The van der Waals surface area contributed by atoms with Gasteiger partial charge in [-0.3, -0.25) is 9.69 Å². The lowest BCUT2D eigenvalue weighted by molar-refractivity contribution is -0.104. The van der Waals surface area contributed by atoms with Crippen molar-refractivity contribution in [3.05, 3.63) is 147 Å². The molecule has 0 bridgehead atoms. The zero-order valence-electron chi connectivity index (χ0n) is 30.0. The van der Waals surface area contributed by atoms with Crippen molar-refractivity contribution in [1.82, 2.24) is 14.8 Å². The number of halogens is 2. The Kier molecular flexibility index (Phi) is 13.3. The number of rotatable bonds is 16. The largest absolute Gasteiger partial charge is 0.494 e. The molecule has 274 valence electrons. The van der Waals surface area contributed by atoms with Crippen molar-refractivity contribution in [3.63, 3.8) is 0 Å². The number of piperazine rings is 1. The minimum Gasteiger partial charge on any atom is -0.494 e. The average molecular weight is 753 g/mol. The third kappa shape index (κ3) is 10.5. The quantitative estimate of drug-likeness (QED) is 0.0730. The molecule has 53 heavy (non-hydrogen) atoms. The van der Waals surface area contributed by atoms with Crippen LogP contribution < -0.4 is 18.9 Å². The highest BCUT2D eigenvalue weighted by atomic mass is 35.5. The molecular formula is C43H43Cl2N3O5. The third-order valence-electron chi connectivity index (χ3n) is 8.96. The minimum absolute atomic E-state index is 0.331. The van der Waals surface area contributed by atoms with Crippen molar-refractivity contribution in [2.24, 2.45) is 0 Å². The lowest BCUT2D eigenvalue weighted by atomic mass is 10.1. The van der Waals surface area contributed by atoms with Gasteiger partial charge in [0.05, 0.1) is 24.4 Å². The molecule has 2 heterocycles. The smallest absolute Gasteiger partial charge is 0.219 e. The van der Waals surface area contributed by atoms with E-state index in [0.717, 1.165) is 79.3 Å². The first-order valence-electron chi connectivity index (χ1n) is 17.8. The molecule has 1 aromatic heterocycles. The molecule has 1 fully saturated rings. The molecule has 1 saturated heterocycles. The van der Waals surface area contributed by atoms with E-state index in [-0.39, 0.29) is 0 Å². The topological polar surface area (TPSA) is 73.4 Å². The molecule has 4 aromatic carbocycles. The van der Waals surface area contributed by atoms with Gasteiger partial charge in [-0.2, -0.15) is 0 Å². The number of benzene rings is 4. The Morgan fingerprint density at radius 3 is 2.15 bits per heavy atom. The Morgan fingerprint density at radius 2 is 1.49 bits per heavy atom. The van der Waals surface area contributed by atoms with Gasteiger partial charge in [0.25, 0.3) is 0 Å². The van der Waals surface area contributed by atoms with E-state index in [1.54, 1.807) is 24.4 Å². The van der Waals surface area contributed by atoms with Gasteiger partial charge in [0, 0.05) is 67.6 Å². The summed E-state index contributed by atoms with van der Waals surface area (Å²) in [5.41, 5.74) is 5.93. The van der Waals surface area contributed by atoms with Crippen molar-refractivity contribution in [2.75, 3.05) is 39.4 Å². The number of hydrogen-bond acceptors (Lipinski definition) is 8. The molecule has 0 amide bonds. The van der Waals surface area contributed by atoms with Gasteiger partial charge < -0.3 is 23.8 Å². The van der Waals surface area contributed by atoms with Crippen molar-refractivity contribution in [2.45, 2.75) is 33.4 Å². The summed E-state index contributed by atoms with van der Waals surface area (Å²) < 4.78 is 23.4. The number of aldehydes is 1. The zero-order chi connectivity index (χ0) is 37.0. The van der Waals surface area contributed by atoms with Gasteiger partial charge in [-0.05, 0) is 84.6 Å². The van der Waals surface area contributed by atoms with E-state index < -0.39 is 0 Å². The van der Waals surface area contributed by atoms with E-state index >= 15 is 0 Å². The summed E-state index contributed by atoms with van der Waals surface area (Å²) >= 11 is 13.0. The van der Waals surface area contributed by atoms with Crippen LogP contribution in [0.2, 0.25) is 10.0 Å². The van der Waals surface area contributed by atoms with Gasteiger partial charge in [0.2, 0.25) is 5.88 Å². The van der Waals surface area contributed by atoms with Crippen LogP contribution in [0.25, 0.3) is 5.70 Å². The number of ether oxygens (including phenoxy) is 4. The van der Waals surface area contributed by atoms with E-state index in [0.29, 0.717) is 47.2 Å². The van der Waals surface area contributed by atoms with Crippen LogP contribution in [0.5, 0.6) is 28.9 Å². The molecule has 10 heteroatoms. The molecule has 8 nitrogen and oxygen atoms in total. The predicted molar refractivity (Wildman–Crippen MR) is 210 cm³/mol. The van der Waals surface area contributed by atoms with Crippen molar-refractivity contribution in [3.8, 4) is 28.9 Å². The summed E-state index contributed by atoms with van der Waals surface area (Å²) in [6, 6.07) is 31.4. The van der Waals surface area contributed by atoms with Crippen LogP contribution >= 0.6 is 23.2 Å². The number of hydrogen-bond donors (Lipinski definition) is 0. The SMILES string of the molecule is CCOc1ccc(OCCc2ccc(CN3CCN(/C(=C/C=O)c4cc(C)c(Oc5ccc(OCc6ccccc6Cl)cn5)c(Cl)c4)CC3)cc2)cc1. The number of allylic oxidation sites excluding steroid dienone is 1. The fourth-order valence-electron chi connectivity index (χ4n) is 6.15. The Hall–Kier alpha value is -5.02. The molecule has 1 aliphatic rings. The molecule has 1 aliphatic heterocycles. The monoisotopic (exact) mass is 751 g/mol. The van der Waals surface area contributed by atoms with Gasteiger partial charge >= 0.3 is 0 Å². The molecular weight excluding hydrogens is 709 g/mol. The molecule has 6 rings (SSSR count). The number of carbonyl (C=O) groups excluding carboxylic acids is 1. The summed E-state index contributed by atoms with van der Waals surface area (Å²) in [5.74, 6) is 3.18. The molecule has 0 unspecified atom stereocenters. The van der Waals surface area contributed by atoms with Crippen molar-refractivity contribution in [1.29, 1.82) is 0 Å². The third-order valence-corrected chi connectivity index (χ3v) is 9.60. The van der Waals surface area contributed by atoms with E-state index in [4.69, 9.17) is 42.1 Å². The zero-order valence-corrected chi connectivity index (χ0v) is 31.5. The number of nitrogens with zero attached hydrogens (tertiary/aromatic N) is 3. The normalized spacial score (nSPS) is 13.4. The second-order valence-electron chi connectivity index (χ2n) is 12.7. The molecule has 0 atom stereocenters. The summed E-state index contributed by atoms with van der Waals surface area (Å²) in [6.07, 6.45) is 4.88.